The van der Waals surface area contributed by atoms with Crippen molar-refractivity contribution < 1.29 is 14.4 Å². The van der Waals surface area contributed by atoms with Crippen molar-refractivity contribution in [3.8, 4) is 0 Å². The number of benzene rings is 2. The van der Waals surface area contributed by atoms with Gasteiger partial charge in [-0.05, 0) is 48.6 Å². The molecule has 1 heterocycles. The van der Waals surface area contributed by atoms with Crippen molar-refractivity contribution in [1.29, 1.82) is 0 Å². The molecule has 0 unspecified atom stereocenters. The molecule has 3 amide bonds. The largest absolute Gasteiger partial charge is 0.332 e. The third-order valence-electron chi connectivity index (χ3n) is 3.80. The zero-order chi connectivity index (χ0) is 18.7. The van der Waals surface area contributed by atoms with Crippen LogP contribution in [-0.2, 0) is 4.79 Å². The van der Waals surface area contributed by atoms with E-state index < -0.39 is 5.91 Å². The van der Waals surface area contributed by atoms with Gasteiger partial charge >= 0.3 is 0 Å². The molecule has 2 aromatic rings. The Morgan fingerprint density at radius 3 is 2.15 bits per heavy atom. The third-order valence-corrected chi connectivity index (χ3v) is 4.25. The van der Waals surface area contributed by atoms with Crippen LogP contribution in [0, 0.1) is 0 Å². The van der Waals surface area contributed by atoms with Crippen LogP contribution in [0.2, 0.25) is 5.02 Å². The summed E-state index contributed by atoms with van der Waals surface area (Å²) in [6, 6.07) is 13.4. The number of amides is 3. The number of carbonyl (C=O) groups excluding carboxylic acids is 3. The van der Waals surface area contributed by atoms with Crippen molar-refractivity contribution in [2.45, 2.75) is 6.42 Å². The third kappa shape index (κ3) is 3.89. The van der Waals surface area contributed by atoms with Gasteiger partial charge in [0.05, 0.1) is 11.1 Å². The molecule has 0 saturated carbocycles. The van der Waals surface area contributed by atoms with Gasteiger partial charge in [0.15, 0.2) is 5.11 Å². The lowest BCUT2D eigenvalue weighted by Crippen LogP contribution is -2.38. The summed E-state index contributed by atoms with van der Waals surface area (Å²) in [4.78, 5) is 37.6. The lowest BCUT2D eigenvalue weighted by atomic mass is 10.1. The van der Waals surface area contributed by atoms with Crippen molar-refractivity contribution in [2.75, 3.05) is 11.9 Å². The second-order valence-electron chi connectivity index (χ2n) is 5.57. The van der Waals surface area contributed by atoms with E-state index >= 15 is 0 Å². The number of carbonyl (C=O) groups is 3. The highest BCUT2D eigenvalue weighted by Gasteiger charge is 2.34. The van der Waals surface area contributed by atoms with Crippen molar-refractivity contribution in [2.24, 2.45) is 0 Å². The van der Waals surface area contributed by atoms with Gasteiger partial charge in [0, 0.05) is 23.7 Å². The monoisotopic (exact) mass is 387 g/mol. The van der Waals surface area contributed by atoms with Crippen LogP contribution in [0.3, 0.4) is 0 Å². The summed E-state index contributed by atoms with van der Waals surface area (Å²) in [5.41, 5.74) is 1.40. The van der Waals surface area contributed by atoms with Crippen LogP contribution in [0.5, 0.6) is 0 Å². The fourth-order valence-corrected chi connectivity index (χ4v) is 2.90. The molecule has 2 N–H and O–H groups in total. The van der Waals surface area contributed by atoms with Crippen LogP contribution in [0.25, 0.3) is 0 Å². The van der Waals surface area contributed by atoms with E-state index in [0.29, 0.717) is 21.8 Å². The van der Waals surface area contributed by atoms with E-state index in [-0.39, 0.29) is 29.9 Å². The molecule has 0 spiro atoms. The highest BCUT2D eigenvalue weighted by Crippen LogP contribution is 2.22. The molecule has 0 bridgehead atoms. The number of nitrogens with zero attached hydrogens (tertiary/aromatic N) is 1. The molecule has 0 atom stereocenters. The van der Waals surface area contributed by atoms with E-state index in [9.17, 15) is 14.4 Å². The van der Waals surface area contributed by atoms with Gasteiger partial charge in [-0.1, -0.05) is 23.7 Å². The van der Waals surface area contributed by atoms with E-state index in [0.717, 1.165) is 4.90 Å². The van der Waals surface area contributed by atoms with Gasteiger partial charge < -0.3 is 10.6 Å². The van der Waals surface area contributed by atoms with Gasteiger partial charge in [0.25, 0.3) is 11.8 Å². The van der Waals surface area contributed by atoms with Crippen molar-refractivity contribution in [3.05, 3.63) is 64.7 Å². The van der Waals surface area contributed by atoms with Crippen LogP contribution >= 0.6 is 23.8 Å². The molecule has 1 aliphatic heterocycles. The Morgan fingerprint density at radius 1 is 1.00 bits per heavy atom. The molecule has 0 fully saturated rings. The maximum Gasteiger partial charge on any atom is 0.261 e. The SMILES string of the molecule is O=C(CCN1C(=O)c2ccccc2C1=O)NC(=S)Nc1ccc(Cl)cc1. The summed E-state index contributed by atoms with van der Waals surface area (Å²) in [7, 11) is 0. The fraction of sp³-hybridized carbons (Fsp3) is 0.111. The minimum absolute atomic E-state index is 0.0122. The lowest BCUT2D eigenvalue weighted by molar-refractivity contribution is -0.119. The Labute approximate surface area is 160 Å². The Morgan fingerprint density at radius 2 is 1.58 bits per heavy atom. The van der Waals surface area contributed by atoms with E-state index in [1.54, 1.807) is 48.5 Å². The molecule has 1 aliphatic rings. The molecule has 0 saturated heterocycles. The maximum atomic E-state index is 12.2. The van der Waals surface area contributed by atoms with E-state index in [2.05, 4.69) is 10.6 Å². The predicted octanol–water partition coefficient (Wildman–Crippen LogP) is 2.84. The lowest BCUT2D eigenvalue weighted by Gasteiger charge is -2.14. The number of nitrogens with one attached hydrogen (secondary N) is 2. The number of rotatable bonds is 4. The van der Waals surface area contributed by atoms with Crippen molar-refractivity contribution in [3.63, 3.8) is 0 Å². The summed E-state index contributed by atoms with van der Waals surface area (Å²) in [5, 5.41) is 6.08. The minimum atomic E-state index is -0.395. The summed E-state index contributed by atoms with van der Waals surface area (Å²) in [5.74, 6) is -1.17. The molecular weight excluding hydrogens is 374 g/mol. The zero-order valence-electron chi connectivity index (χ0n) is 13.5. The second-order valence-corrected chi connectivity index (χ2v) is 6.41. The number of hydrogen-bond acceptors (Lipinski definition) is 4. The quantitative estimate of drug-likeness (QED) is 0.623. The average molecular weight is 388 g/mol. The predicted molar refractivity (Wildman–Crippen MR) is 102 cm³/mol. The summed E-state index contributed by atoms with van der Waals surface area (Å²) in [6.07, 6.45) is -0.0477. The average Bonchev–Trinajstić information content (AvgIpc) is 2.86. The first-order valence-corrected chi connectivity index (χ1v) is 8.56. The Bertz CT molecular complexity index is 864. The van der Waals surface area contributed by atoms with Gasteiger partial charge in [-0.3, -0.25) is 19.3 Å². The number of fused-ring (bicyclic) bond motifs is 1. The maximum absolute atomic E-state index is 12.2. The second kappa shape index (κ2) is 7.63. The van der Waals surface area contributed by atoms with Crippen LogP contribution in [0.4, 0.5) is 5.69 Å². The molecule has 3 rings (SSSR count). The first-order valence-electron chi connectivity index (χ1n) is 7.77. The van der Waals surface area contributed by atoms with Gasteiger partial charge in [0.2, 0.25) is 5.91 Å². The van der Waals surface area contributed by atoms with Crippen molar-refractivity contribution >= 4 is 52.3 Å². The molecule has 26 heavy (non-hydrogen) atoms. The molecule has 2 aromatic carbocycles. The Hall–Kier alpha value is -2.77. The number of anilines is 1. The molecule has 8 heteroatoms. The normalized spacial score (nSPS) is 12.7. The summed E-state index contributed by atoms with van der Waals surface area (Å²) < 4.78 is 0. The van der Waals surface area contributed by atoms with Gasteiger partial charge in [-0.15, -0.1) is 0 Å². The van der Waals surface area contributed by atoms with E-state index in [1.165, 1.54) is 0 Å². The van der Waals surface area contributed by atoms with E-state index in [4.69, 9.17) is 23.8 Å². The molecule has 132 valence electrons. The smallest absolute Gasteiger partial charge is 0.261 e. The van der Waals surface area contributed by atoms with Gasteiger partial charge in [0.1, 0.15) is 0 Å². The highest BCUT2D eigenvalue weighted by molar-refractivity contribution is 7.80. The molecule has 0 aliphatic carbocycles. The van der Waals surface area contributed by atoms with Gasteiger partial charge in [-0.25, -0.2) is 0 Å². The fourth-order valence-electron chi connectivity index (χ4n) is 2.54. The molecular formula is C18H14ClN3O3S. The standard InChI is InChI=1S/C18H14ClN3O3S/c19-11-5-7-12(8-6-11)20-18(26)21-15(23)9-10-22-16(24)13-3-1-2-4-14(13)17(22)25/h1-8H,9-10H2,(H2,20,21,23,26). The summed E-state index contributed by atoms with van der Waals surface area (Å²) >= 11 is 10.9. The van der Waals surface area contributed by atoms with Gasteiger partial charge in [-0.2, -0.15) is 0 Å². The number of halogens is 1. The first kappa shape index (κ1) is 18.0. The molecule has 6 nitrogen and oxygen atoms in total. The minimum Gasteiger partial charge on any atom is -0.332 e. The Kier molecular flexibility index (Phi) is 5.29. The zero-order valence-corrected chi connectivity index (χ0v) is 15.1. The van der Waals surface area contributed by atoms with Crippen LogP contribution in [0.15, 0.2) is 48.5 Å². The topological polar surface area (TPSA) is 78.5 Å². The first-order chi connectivity index (χ1) is 12.5. The highest BCUT2D eigenvalue weighted by atomic mass is 35.5. The number of imide groups is 1. The Balaban J connectivity index is 1.51. The summed E-state index contributed by atoms with van der Waals surface area (Å²) in [6.45, 7) is -0.0122. The number of hydrogen-bond donors (Lipinski definition) is 2. The van der Waals surface area contributed by atoms with Crippen LogP contribution < -0.4 is 10.6 Å². The van der Waals surface area contributed by atoms with Crippen molar-refractivity contribution in [1.82, 2.24) is 10.2 Å². The number of thiocarbonyl (C=S) groups is 1. The van der Waals surface area contributed by atoms with Crippen LogP contribution in [0.1, 0.15) is 27.1 Å². The van der Waals surface area contributed by atoms with E-state index in [1.807, 2.05) is 0 Å². The molecule has 0 radical (unpaired) electrons. The molecule has 0 aromatic heterocycles. The van der Waals surface area contributed by atoms with Crippen LogP contribution in [-0.4, -0.2) is 34.3 Å².